The fourth-order valence-electron chi connectivity index (χ4n) is 7.88. The van der Waals surface area contributed by atoms with Crippen LogP contribution in [-0.2, 0) is 5.41 Å². The highest BCUT2D eigenvalue weighted by molar-refractivity contribution is 9.10. The number of benzene rings is 6. The molecule has 6 aromatic carbocycles. The van der Waals surface area contributed by atoms with Crippen LogP contribution in [0.5, 0.6) is 0 Å². The van der Waals surface area contributed by atoms with Crippen LogP contribution in [0.3, 0.4) is 0 Å². The number of hydrogen-bond donors (Lipinski definition) is 0. The first kappa shape index (κ1) is 32.8. The zero-order valence-corrected chi connectivity index (χ0v) is 31.5. The van der Waals surface area contributed by atoms with E-state index in [1.165, 1.54) is 11.1 Å². The van der Waals surface area contributed by atoms with E-state index in [0.717, 1.165) is 58.5 Å². The van der Waals surface area contributed by atoms with Gasteiger partial charge < -0.3 is 4.90 Å². The second-order valence-corrected chi connectivity index (χ2v) is 15.7. The van der Waals surface area contributed by atoms with Crippen molar-refractivity contribution in [2.75, 3.05) is 4.90 Å². The summed E-state index contributed by atoms with van der Waals surface area (Å²) in [5.74, 6) is 0.609. The Bertz CT molecular complexity index is 2790. The van der Waals surface area contributed by atoms with Gasteiger partial charge in [-0.1, -0.05) is 92.7 Å². The van der Waals surface area contributed by atoms with Gasteiger partial charge in [-0.25, -0.2) is 9.97 Å². The maximum absolute atomic E-state index is 10.9. The summed E-state index contributed by atoms with van der Waals surface area (Å²) >= 11 is 5.52. The molecule has 7 heteroatoms. The molecule has 8 aromatic rings. The number of fused-ring (bicyclic) bond motifs is 5. The highest BCUT2D eigenvalue weighted by Gasteiger charge is 2.37. The third kappa shape index (κ3) is 5.24. The largest absolute Gasteiger partial charge is 0.310 e. The minimum Gasteiger partial charge on any atom is -0.310 e. The molecule has 3 heterocycles. The van der Waals surface area contributed by atoms with Crippen molar-refractivity contribution in [2.45, 2.75) is 26.2 Å². The summed E-state index contributed by atoms with van der Waals surface area (Å²) in [5.41, 5.74) is 10.8. The molecule has 0 amide bonds. The molecule has 1 aliphatic rings. The van der Waals surface area contributed by atoms with E-state index < -0.39 is 0 Å². The van der Waals surface area contributed by atoms with Crippen molar-refractivity contribution in [3.63, 3.8) is 0 Å². The molecule has 2 aromatic heterocycles. The van der Waals surface area contributed by atoms with Crippen molar-refractivity contribution in [1.29, 1.82) is 10.5 Å². The molecule has 0 radical (unpaired) electrons. The fourth-order valence-corrected chi connectivity index (χ4v) is 9.66. The Morgan fingerprint density at radius 2 is 1.28 bits per heavy atom. The lowest BCUT2D eigenvalue weighted by atomic mass is 9.73. The van der Waals surface area contributed by atoms with Crippen molar-refractivity contribution in [2.24, 2.45) is 0 Å². The number of anilines is 3. The molecule has 0 atom stereocenters. The molecular formula is C46H30BrN5S. The Labute approximate surface area is 320 Å². The van der Waals surface area contributed by atoms with Gasteiger partial charge in [0, 0.05) is 52.4 Å². The first-order valence-corrected chi connectivity index (χ1v) is 18.9. The number of para-hydroxylation sites is 2. The first-order chi connectivity index (χ1) is 25.8. The maximum atomic E-state index is 10.9. The standard InChI is InChI=1S/C46H30BrN5S/c1-27-50-38(28-12-5-4-6-13-28)24-39(51-27)29-20-30(25-48)43(31(21-29)26-49)34-22-32(23-42-44(34)33-14-11-17-37(47)45(33)53-42)52-40-18-9-7-15-35(40)46(2,3)36-16-8-10-19-41(36)52/h4-24H,1-3H3. The third-order valence-corrected chi connectivity index (χ3v) is 12.4. The molecule has 0 N–H and O–H groups in total. The van der Waals surface area contributed by atoms with Crippen LogP contribution >= 0.6 is 27.3 Å². The number of hydrogen-bond acceptors (Lipinski definition) is 6. The Morgan fingerprint density at radius 1 is 0.679 bits per heavy atom. The first-order valence-electron chi connectivity index (χ1n) is 17.3. The van der Waals surface area contributed by atoms with Crippen molar-refractivity contribution in [1.82, 2.24) is 9.97 Å². The lowest BCUT2D eigenvalue weighted by Gasteiger charge is -2.42. The van der Waals surface area contributed by atoms with Gasteiger partial charge in [0.15, 0.2) is 0 Å². The molecule has 0 saturated carbocycles. The predicted molar refractivity (Wildman–Crippen MR) is 220 cm³/mol. The maximum Gasteiger partial charge on any atom is 0.126 e. The van der Waals surface area contributed by atoms with Gasteiger partial charge in [0.05, 0.1) is 46.0 Å². The number of nitrogens with zero attached hydrogens (tertiary/aromatic N) is 5. The lowest BCUT2D eigenvalue weighted by molar-refractivity contribution is 0.632. The molecule has 9 rings (SSSR count). The molecule has 0 unspecified atom stereocenters. The van der Waals surface area contributed by atoms with Crippen LogP contribution in [0.4, 0.5) is 17.1 Å². The Morgan fingerprint density at radius 3 is 1.92 bits per heavy atom. The molecule has 0 spiro atoms. The van der Waals surface area contributed by atoms with E-state index in [2.05, 4.69) is 120 Å². The fraction of sp³-hybridized carbons (Fsp3) is 0.0870. The Hall–Kier alpha value is -6.12. The van der Waals surface area contributed by atoms with E-state index in [1.807, 2.05) is 61.5 Å². The third-order valence-electron chi connectivity index (χ3n) is 10.3. The molecule has 1 aliphatic heterocycles. The van der Waals surface area contributed by atoms with Crippen molar-refractivity contribution in [3.05, 3.63) is 160 Å². The highest BCUT2D eigenvalue weighted by atomic mass is 79.9. The number of aryl methyl sites for hydroxylation is 1. The van der Waals surface area contributed by atoms with Gasteiger partial charge in [-0.15, -0.1) is 11.3 Å². The summed E-state index contributed by atoms with van der Waals surface area (Å²) in [6.45, 7) is 6.42. The minimum atomic E-state index is -0.212. The molecule has 53 heavy (non-hydrogen) atoms. The average molecular weight is 765 g/mol. The SMILES string of the molecule is Cc1nc(-c2ccccc2)cc(-c2cc(C#N)c(-c3cc(N4c5ccccc5C(C)(C)c5ccccc54)cc4sc5c(Br)cccc5c34)c(C#N)c2)n1. The molecule has 5 nitrogen and oxygen atoms in total. The van der Waals surface area contributed by atoms with E-state index in [1.54, 1.807) is 11.3 Å². The molecule has 0 fully saturated rings. The Kier molecular flexibility index (Phi) is 7.75. The van der Waals surface area contributed by atoms with Crippen LogP contribution in [0, 0.1) is 29.6 Å². The smallest absolute Gasteiger partial charge is 0.126 e. The molecule has 0 saturated heterocycles. The zero-order chi connectivity index (χ0) is 36.4. The number of aromatic nitrogens is 2. The summed E-state index contributed by atoms with van der Waals surface area (Å²) in [6, 6.07) is 48.4. The monoisotopic (exact) mass is 763 g/mol. The summed E-state index contributed by atoms with van der Waals surface area (Å²) < 4.78 is 3.18. The summed E-state index contributed by atoms with van der Waals surface area (Å²) in [6.07, 6.45) is 0. The van der Waals surface area contributed by atoms with Crippen LogP contribution in [-0.4, -0.2) is 9.97 Å². The van der Waals surface area contributed by atoms with Crippen LogP contribution in [0.1, 0.15) is 41.9 Å². The van der Waals surface area contributed by atoms with Crippen LogP contribution in [0.2, 0.25) is 0 Å². The van der Waals surface area contributed by atoms with E-state index in [-0.39, 0.29) is 5.41 Å². The normalized spacial score (nSPS) is 13.0. The van der Waals surface area contributed by atoms with Gasteiger partial charge in [-0.3, -0.25) is 0 Å². The van der Waals surface area contributed by atoms with E-state index in [4.69, 9.17) is 9.97 Å². The van der Waals surface area contributed by atoms with Crippen LogP contribution < -0.4 is 4.90 Å². The molecule has 0 bridgehead atoms. The van der Waals surface area contributed by atoms with Gasteiger partial charge in [0.25, 0.3) is 0 Å². The lowest BCUT2D eigenvalue weighted by Crippen LogP contribution is -2.30. The minimum absolute atomic E-state index is 0.212. The molecule has 0 aliphatic carbocycles. The summed E-state index contributed by atoms with van der Waals surface area (Å²) in [5, 5.41) is 23.8. The topological polar surface area (TPSA) is 76.6 Å². The molecular weight excluding hydrogens is 735 g/mol. The quantitative estimate of drug-likeness (QED) is 0.178. The van der Waals surface area contributed by atoms with Crippen LogP contribution in [0.25, 0.3) is 53.8 Å². The van der Waals surface area contributed by atoms with Gasteiger partial charge in [-0.05, 0) is 88.1 Å². The number of rotatable bonds is 4. The number of nitriles is 2. The second kappa shape index (κ2) is 12.5. The van der Waals surface area contributed by atoms with Crippen molar-refractivity contribution in [3.8, 4) is 45.8 Å². The summed E-state index contributed by atoms with van der Waals surface area (Å²) in [4.78, 5) is 11.8. The predicted octanol–water partition coefficient (Wildman–Crippen LogP) is 12.8. The van der Waals surface area contributed by atoms with E-state index in [9.17, 15) is 10.5 Å². The average Bonchev–Trinajstić information content (AvgIpc) is 3.57. The second-order valence-electron chi connectivity index (χ2n) is 13.8. The number of halogens is 1. The van der Waals surface area contributed by atoms with E-state index >= 15 is 0 Å². The van der Waals surface area contributed by atoms with Gasteiger partial charge >= 0.3 is 0 Å². The zero-order valence-electron chi connectivity index (χ0n) is 29.1. The van der Waals surface area contributed by atoms with Gasteiger partial charge in [0.2, 0.25) is 0 Å². The van der Waals surface area contributed by atoms with Crippen molar-refractivity contribution < 1.29 is 0 Å². The number of thiophene rings is 1. The summed E-state index contributed by atoms with van der Waals surface area (Å²) in [7, 11) is 0. The van der Waals surface area contributed by atoms with Crippen molar-refractivity contribution >= 4 is 64.5 Å². The highest BCUT2D eigenvalue weighted by Crippen LogP contribution is 2.54. The van der Waals surface area contributed by atoms with Gasteiger partial charge in [-0.2, -0.15) is 10.5 Å². The Balaban J connectivity index is 1.33. The molecule has 252 valence electrons. The van der Waals surface area contributed by atoms with Crippen LogP contribution in [0.15, 0.2) is 132 Å². The van der Waals surface area contributed by atoms with Gasteiger partial charge in [0.1, 0.15) is 5.82 Å². The van der Waals surface area contributed by atoms with E-state index in [0.29, 0.717) is 33.8 Å².